The molecule has 10 heteroatoms. The first-order chi connectivity index (χ1) is 23.8. The number of halogens is 1. The van der Waals surface area contributed by atoms with Crippen LogP contribution in [0.15, 0.2) is 54.6 Å². The fourth-order valence-electron chi connectivity index (χ4n) is 9.01. The highest BCUT2D eigenvalue weighted by Gasteiger charge is 2.51. The Morgan fingerprint density at radius 2 is 1.53 bits per heavy atom. The van der Waals surface area contributed by atoms with Crippen molar-refractivity contribution < 1.29 is 19.1 Å². The third-order valence-electron chi connectivity index (χ3n) is 12.0. The van der Waals surface area contributed by atoms with Crippen molar-refractivity contribution in [3.8, 4) is 0 Å². The second-order valence-electron chi connectivity index (χ2n) is 15.2. The quantitative estimate of drug-likeness (QED) is 0.412. The number of anilines is 1. The van der Waals surface area contributed by atoms with Crippen molar-refractivity contribution >= 4 is 35.0 Å². The van der Waals surface area contributed by atoms with Crippen LogP contribution in [-0.2, 0) is 19.1 Å². The highest BCUT2D eigenvalue weighted by Crippen LogP contribution is 2.40. The number of hydrogen-bond donors (Lipinski definition) is 0. The van der Waals surface area contributed by atoms with Crippen LogP contribution in [0, 0.1) is 11.8 Å². The van der Waals surface area contributed by atoms with E-state index < -0.39 is 12.1 Å². The zero-order chi connectivity index (χ0) is 34.1. The van der Waals surface area contributed by atoms with Crippen LogP contribution < -0.4 is 4.90 Å². The number of piperazine rings is 1. The predicted molar refractivity (Wildman–Crippen MR) is 192 cm³/mol. The molecule has 0 spiro atoms. The Hall–Kier alpha value is -3.14. The first-order valence-corrected chi connectivity index (χ1v) is 18.9. The van der Waals surface area contributed by atoms with Gasteiger partial charge in [0.25, 0.3) is 5.91 Å². The van der Waals surface area contributed by atoms with E-state index in [2.05, 4.69) is 40.8 Å². The molecule has 0 N–H and O–H groups in total. The van der Waals surface area contributed by atoms with E-state index in [1.54, 1.807) is 0 Å². The summed E-state index contributed by atoms with van der Waals surface area (Å²) in [4.78, 5) is 54.4. The van der Waals surface area contributed by atoms with E-state index in [0.717, 1.165) is 62.9 Å². The fourth-order valence-corrected chi connectivity index (χ4v) is 9.14. The van der Waals surface area contributed by atoms with Crippen LogP contribution in [-0.4, -0.2) is 121 Å². The molecule has 0 aromatic heterocycles. The number of hydrogen-bond acceptors (Lipinski definition) is 6. The largest absolute Gasteiger partial charge is 0.370 e. The number of likely N-dealkylation sites (tertiary alicyclic amines) is 1. The first-order valence-electron chi connectivity index (χ1n) is 18.5. The van der Waals surface area contributed by atoms with E-state index in [4.69, 9.17) is 16.3 Å². The molecule has 4 heterocycles. The summed E-state index contributed by atoms with van der Waals surface area (Å²) in [5, 5.41) is 0.665. The lowest BCUT2D eigenvalue weighted by atomic mass is 9.85. The molecule has 1 aliphatic carbocycles. The zero-order valence-electron chi connectivity index (χ0n) is 29.1. The second-order valence-corrected chi connectivity index (χ2v) is 15.6. The number of para-hydroxylation sites is 1. The van der Waals surface area contributed by atoms with Crippen LogP contribution in [0.25, 0.3) is 0 Å². The molecule has 4 saturated heterocycles. The summed E-state index contributed by atoms with van der Waals surface area (Å²) in [7, 11) is 2.08. The molecule has 5 atom stereocenters. The number of benzene rings is 2. The van der Waals surface area contributed by atoms with Gasteiger partial charge in [0.2, 0.25) is 11.8 Å². The average molecular weight is 690 g/mol. The minimum Gasteiger partial charge on any atom is -0.370 e. The zero-order valence-corrected chi connectivity index (χ0v) is 29.8. The number of nitrogens with zero attached hydrogens (tertiary/aromatic N) is 5. The molecule has 4 aliphatic heterocycles. The number of likely N-dealkylation sites (N-methyl/N-ethyl adjacent to an activating group) is 1. The molecule has 9 nitrogen and oxygen atoms in total. The summed E-state index contributed by atoms with van der Waals surface area (Å²) >= 11 is 6.30. The molecule has 0 radical (unpaired) electrons. The summed E-state index contributed by atoms with van der Waals surface area (Å²) in [5.41, 5.74) is 2.16. The minimum atomic E-state index is -0.597. The van der Waals surface area contributed by atoms with Crippen LogP contribution in [0.1, 0.15) is 63.4 Å². The Bertz CT molecular complexity index is 1450. The highest BCUT2D eigenvalue weighted by molar-refractivity contribution is 6.30. The third-order valence-corrected chi connectivity index (χ3v) is 12.2. The second kappa shape index (κ2) is 15.0. The molecule has 5 aliphatic rings. The van der Waals surface area contributed by atoms with Crippen molar-refractivity contribution in [3.05, 3.63) is 65.2 Å². The van der Waals surface area contributed by atoms with Gasteiger partial charge in [-0.05, 0) is 87.7 Å². The van der Waals surface area contributed by atoms with E-state index in [0.29, 0.717) is 56.7 Å². The highest BCUT2D eigenvalue weighted by atomic mass is 35.5. The summed E-state index contributed by atoms with van der Waals surface area (Å²) in [6, 6.07) is 17.4. The van der Waals surface area contributed by atoms with Gasteiger partial charge in [-0.1, -0.05) is 48.9 Å². The van der Waals surface area contributed by atoms with E-state index in [1.807, 2.05) is 52.3 Å². The maximum Gasteiger partial charge on any atom is 0.252 e. The smallest absolute Gasteiger partial charge is 0.252 e. The number of carbonyl (C=O) groups is 3. The van der Waals surface area contributed by atoms with Gasteiger partial charge in [-0.15, -0.1) is 0 Å². The normalized spacial score (nSPS) is 30.9. The molecule has 49 heavy (non-hydrogen) atoms. The van der Waals surface area contributed by atoms with Gasteiger partial charge in [0.05, 0.1) is 12.0 Å². The van der Waals surface area contributed by atoms with Crippen molar-refractivity contribution in [2.24, 2.45) is 11.8 Å². The Morgan fingerprint density at radius 3 is 2.20 bits per heavy atom. The molecule has 5 fully saturated rings. The molecular formula is C39H52ClN5O4. The van der Waals surface area contributed by atoms with Crippen LogP contribution in [0.3, 0.4) is 0 Å². The summed E-state index contributed by atoms with van der Waals surface area (Å²) in [5.74, 6) is 0.316. The van der Waals surface area contributed by atoms with Crippen molar-refractivity contribution in [3.63, 3.8) is 0 Å². The van der Waals surface area contributed by atoms with E-state index >= 15 is 4.79 Å². The van der Waals surface area contributed by atoms with Gasteiger partial charge in [-0.3, -0.25) is 14.4 Å². The van der Waals surface area contributed by atoms with Crippen LogP contribution >= 0.6 is 11.6 Å². The van der Waals surface area contributed by atoms with E-state index in [9.17, 15) is 9.59 Å². The maximum absolute atomic E-state index is 15.1. The van der Waals surface area contributed by atoms with Crippen molar-refractivity contribution in [1.29, 1.82) is 0 Å². The van der Waals surface area contributed by atoms with Gasteiger partial charge in [0.15, 0.2) is 0 Å². The standard InChI is InChI=1S/C39H52ClN5O4/c1-27-10-16-31(17-11-27)45(39(48)36-9-6-22-49-36)32-23-35(38(47)42-20-18-41(2)19-21-42)44(24-32)37(46)34-26-43(30-7-4-3-5-8-30)25-33(34)28-12-14-29(40)15-13-28/h3-5,7-8,12-15,27,31-36H,6,9-11,16-26H2,1-2H3/t27-,31+,32-,33-,34+,35-,36-/m0/s1. The lowest BCUT2D eigenvalue weighted by Gasteiger charge is -2.41. The molecule has 0 bridgehead atoms. The molecule has 1 saturated carbocycles. The van der Waals surface area contributed by atoms with E-state index in [-0.39, 0.29) is 41.6 Å². The Kier molecular flexibility index (Phi) is 10.5. The Balaban J connectivity index is 1.21. The topological polar surface area (TPSA) is 76.6 Å². The van der Waals surface area contributed by atoms with Gasteiger partial charge >= 0.3 is 0 Å². The number of amides is 3. The monoisotopic (exact) mass is 689 g/mol. The lowest BCUT2D eigenvalue weighted by Crippen LogP contribution is -2.54. The number of ether oxygens (including phenoxy) is 1. The summed E-state index contributed by atoms with van der Waals surface area (Å²) < 4.78 is 5.96. The Morgan fingerprint density at radius 1 is 0.816 bits per heavy atom. The molecule has 0 unspecified atom stereocenters. The lowest BCUT2D eigenvalue weighted by molar-refractivity contribution is -0.148. The average Bonchev–Trinajstić information content (AvgIpc) is 3.91. The molecule has 264 valence electrons. The molecule has 7 rings (SSSR count). The van der Waals surface area contributed by atoms with Crippen LogP contribution in [0.5, 0.6) is 0 Å². The van der Waals surface area contributed by atoms with E-state index in [1.165, 1.54) is 0 Å². The molecular weight excluding hydrogens is 638 g/mol. The van der Waals surface area contributed by atoms with Crippen molar-refractivity contribution in [2.45, 2.75) is 82.0 Å². The maximum atomic E-state index is 15.1. The molecule has 2 aromatic rings. The van der Waals surface area contributed by atoms with Crippen LogP contribution in [0.2, 0.25) is 5.02 Å². The Labute approximate surface area is 296 Å². The van der Waals surface area contributed by atoms with Gasteiger partial charge in [-0.25, -0.2) is 0 Å². The van der Waals surface area contributed by atoms with Crippen LogP contribution in [0.4, 0.5) is 5.69 Å². The van der Waals surface area contributed by atoms with Gasteiger partial charge < -0.3 is 29.2 Å². The molecule has 3 amide bonds. The van der Waals surface area contributed by atoms with Crippen molar-refractivity contribution in [2.75, 3.05) is 64.4 Å². The molecule has 2 aromatic carbocycles. The van der Waals surface area contributed by atoms with Gasteiger partial charge in [0, 0.05) is 75.1 Å². The predicted octanol–water partition coefficient (Wildman–Crippen LogP) is 4.89. The van der Waals surface area contributed by atoms with Gasteiger partial charge in [-0.2, -0.15) is 0 Å². The first kappa shape index (κ1) is 34.3. The van der Waals surface area contributed by atoms with Crippen molar-refractivity contribution in [1.82, 2.24) is 19.6 Å². The van der Waals surface area contributed by atoms with Gasteiger partial charge in [0.1, 0.15) is 12.1 Å². The number of rotatable bonds is 7. The summed E-state index contributed by atoms with van der Waals surface area (Å²) in [6.45, 7) is 7.46. The SMILES string of the molecule is CN1CCN(C(=O)[C@@H]2C[C@H](N(C(=O)[C@@H]3CCCO3)[C@H]3CC[C@@H](C)CC3)CN2C(=O)[C@@H]2CN(c3ccccc3)C[C@H]2c2ccc(Cl)cc2)CC1. The minimum absolute atomic E-state index is 0.00939. The number of carbonyl (C=O) groups excluding carboxylic acids is 3. The fraction of sp³-hybridized carbons (Fsp3) is 0.615. The summed E-state index contributed by atoms with van der Waals surface area (Å²) in [6.07, 6.45) is 5.73. The third kappa shape index (κ3) is 7.35.